The highest BCUT2D eigenvalue weighted by atomic mass is 35.5. The molecule has 0 aliphatic rings. The van der Waals surface area contributed by atoms with E-state index in [0.717, 1.165) is 28.9 Å². The Kier molecular flexibility index (Phi) is 14.7. The Morgan fingerprint density at radius 3 is 2.22 bits per heavy atom. The van der Waals surface area contributed by atoms with E-state index < -0.39 is 6.09 Å². The van der Waals surface area contributed by atoms with Gasteiger partial charge in [0.05, 0.1) is 25.4 Å². The van der Waals surface area contributed by atoms with Crippen LogP contribution in [-0.2, 0) is 24.5 Å². The quantitative estimate of drug-likeness (QED) is 0.0746. The molecular weight excluding hydrogens is 606 g/mol. The van der Waals surface area contributed by atoms with Gasteiger partial charge in [0.25, 0.3) is 0 Å². The minimum absolute atomic E-state index is 0. The van der Waals surface area contributed by atoms with Crippen molar-refractivity contribution in [2.75, 3.05) is 13.2 Å². The fourth-order valence-corrected chi connectivity index (χ4v) is 4.59. The van der Waals surface area contributed by atoms with Crippen molar-refractivity contribution in [3.05, 3.63) is 96.3 Å². The van der Waals surface area contributed by atoms with Crippen LogP contribution in [0.5, 0.6) is 11.5 Å². The summed E-state index contributed by atoms with van der Waals surface area (Å²) < 4.78 is 19.5. The summed E-state index contributed by atoms with van der Waals surface area (Å²) in [5.41, 5.74) is 14.4. The fourth-order valence-electron chi connectivity index (χ4n) is 4.59. The van der Waals surface area contributed by atoms with E-state index in [4.69, 9.17) is 25.7 Å². The van der Waals surface area contributed by atoms with E-state index in [2.05, 4.69) is 34.5 Å². The molecule has 0 bridgehead atoms. The minimum Gasteiger partial charge on any atom is -0.493 e. The first kappa shape index (κ1) is 35.7. The summed E-state index contributed by atoms with van der Waals surface area (Å²) >= 11 is 0. The Labute approximate surface area is 276 Å². The molecule has 1 amide bonds. The number of hydrogen-bond donors (Lipinski definition) is 3. The zero-order valence-electron chi connectivity index (χ0n) is 26.4. The van der Waals surface area contributed by atoms with E-state index in [1.165, 1.54) is 0 Å². The van der Waals surface area contributed by atoms with E-state index in [1.807, 2.05) is 85.1 Å². The number of ether oxygens (including phenoxy) is 3. The molecule has 0 saturated carbocycles. The Balaban J connectivity index is 0.00000576. The predicted octanol–water partition coefficient (Wildman–Crippen LogP) is 5.72. The molecule has 4 aromatic rings. The van der Waals surface area contributed by atoms with Gasteiger partial charge in [-0.05, 0) is 42.9 Å². The summed E-state index contributed by atoms with van der Waals surface area (Å²) in [5, 5.41) is 11.5. The highest BCUT2D eigenvalue weighted by Crippen LogP contribution is 2.36. The van der Waals surface area contributed by atoms with Crippen molar-refractivity contribution in [2.24, 2.45) is 22.4 Å². The van der Waals surface area contributed by atoms with Crippen LogP contribution < -0.4 is 26.3 Å². The first-order valence-electron chi connectivity index (χ1n) is 15.2. The molecule has 4 rings (SSSR count). The van der Waals surface area contributed by atoms with E-state index in [1.54, 1.807) is 4.68 Å². The Morgan fingerprint density at radius 1 is 0.891 bits per heavy atom. The number of hydrogen-bond acceptors (Lipinski definition) is 7. The monoisotopic (exact) mass is 649 g/mol. The van der Waals surface area contributed by atoms with Crippen molar-refractivity contribution < 1.29 is 19.0 Å². The third-order valence-corrected chi connectivity index (χ3v) is 6.93. The second-order valence-corrected chi connectivity index (χ2v) is 11.1. The molecule has 1 aromatic heterocycles. The van der Waals surface area contributed by atoms with Crippen LogP contribution in [0.25, 0.3) is 11.1 Å². The first-order chi connectivity index (χ1) is 21.9. The van der Waals surface area contributed by atoms with Crippen molar-refractivity contribution in [1.29, 1.82) is 0 Å². The minimum atomic E-state index is -0.514. The molecule has 3 aromatic carbocycles. The first-order valence-corrected chi connectivity index (χ1v) is 15.2. The van der Waals surface area contributed by atoms with Gasteiger partial charge in [-0.3, -0.25) is 9.67 Å². The second-order valence-electron chi connectivity index (χ2n) is 11.1. The average molecular weight is 650 g/mol. The van der Waals surface area contributed by atoms with Crippen LogP contribution in [0.15, 0.2) is 90.1 Å². The van der Waals surface area contributed by atoms with Crippen LogP contribution in [0.1, 0.15) is 44.4 Å². The van der Waals surface area contributed by atoms with Crippen LogP contribution in [0, 0.1) is 5.92 Å². The molecule has 12 heteroatoms. The predicted molar refractivity (Wildman–Crippen MR) is 182 cm³/mol. The lowest BCUT2D eigenvalue weighted by Gasteiger charge is -2.18. The van der Waals surface area contributed by atoms with Crippen LogP contribution in [0.2, 0.25) is 0 Å². The molecule has 1 heterocycles. The number of carbonyl (C=O) groups is 1. The number of alkyl carbamates (subject to hydrolysis) is 1. The Hall–Kier alpha value is -4.77. The van der Waals surface area contributed by atoms with Crippen molar-refractivity contribution in [3.8, 4) is 22.6 Å². The second kappa shape index (κ2) is 18.9. The third kappa shape index (κ3) is 12.0. The van der Waals surface area contributed by atoms with Crippen LogP contribution >= 0.6 is 12.4 Å². The molecule has 0 fully saturated rings. The van der Waals surface area contributed by atoms with Gasteiger partial charge in [0.15, 0.2) is 5.96 Å². The van der Waals surface area contributed by atoms with Crippen molar-refractivity contribution in [2.45, 2.75) is 58.9 Å². The molecule has 0 aliphatic carbocycles. The zero-order valence-corrected chi connectivity index (χ0v) is 27.2. The summed E-state index contributed by atoms with van der Waals surface area (Å²) in [7, 11) is 0. The van der Waals surface area contributed by atoms with Gasteiger partial charge in [-0.25, -0.2) is 4.79 Å². The molecule has 0 saturated heterocycles. The maximum atomic E-state index is 12.6. The maximum Gasteiger partial charge on any atom is 0.407 e. The lowest BCUT2D eigenvalue weighted by atomic mass is 10.0. The van der Waals surface area contributed by atoms with Gasteiger partial charge < -0.3 is 31.0 Å². The molecular formula is C34H44ClN7O4. The number of amides is 1. The third-order valence-electron chi connectivity index (χ3n) is 6.93. The van der Waals surface area contributed by atoms with Crippen molar-refractivity contribution in [3.63, 3.8) is 0 Å². The number of aliphatic imine (C=N–C) groups is 1. The van der Waals surface area contributed by atoms with Gasteiger partial charge in [-0.1, -0.05) is 85.8 Å². The molecule has 246 valence electrons. The van der Waals surface area contributed by atoms with E-state index in [0.29, 0.717) is 49.9 Å². The molecule has 5 N–H and O–H groups in total. The summed E-state index contributed by atoms with van der Waals surface area (Å²) in [6.07, 6.45) is 3.54. The number of nitrogens with zero attached hydrogens (tertiary/aromatic N) is 4. The fraction of sp³-hybridized carbons (Fsp3) is 0.353. The molecule has 0 spiro atoms. The maximum absolute atomic E-state index is 12.6. The molecule has 0 aliphatic heterocycles. The van der Waals surface area contributed by atoms with Crippen LogP contribution in [-0.4, -0.2) is 46.2 Å². The molecule has 11 nitrogen and oxygen atoms in total. The Bertz CT molecular complexity index is 1510. The van der Waals surface area contributed by atoms with Gasteiger partial charge in [0.1, 0.15) is 30.4 Å². The summed E-state index contributed by atoms with van der Waals surface area (Å²) in [6.45, 7) is 6.23. The normalized spacial score (nSPS) is 11.3. The number of rotatable bonds is 17. The largest absolute Gasteiger partial charge is 0.493 e. The summed E-state index contributed by atoms with van der Waals surface area (Å²) in [4.78, 5) is 16.6. The molecule has 0 unspecified atom stereocenters. The van der Waals surface area contributed by atoms with Gasteiger partial charge in [0, 0.05) is 17.7 Å². The SMILES string of the molecule is CC(C)CCOc1ccccc1-c1ccccc1OCc1cn(C[C@@H](CCCN=C(N)N)NC(=O)OCc2ccccc2)nn1.Cl. The number of nitrogens with two attached hydrogens (primary N) is 2. The summed E-state index contributed by atoms with van der Waals surface area (Å²) in [6, 6.07) is 25.1. The van der Waals surface area contributed by atoms with Crippen LogP contribution in [0.3, 0.4) is 0 Å². The lowest BCUT2D eigenvalue weighted by Crippen LogP contribution is -2.38. The van der Waals surface area contributed by atoms with Gasteiger partial charge >= 0.3 is 6.09 Å². The molecule has 0 radical (unpaired) electrons. The number of guanidine groups is 1. The molecule has 46 heavy (non-hydrogen) atoms. The standard InChI is InChI=1S/C34H43N7O4.ClH/c1-25(2)18-20-43-31-16-8-6-14-29(31)30-15-7-9-17-32(30)44-24-28-22-41(40-39-28)21-27(13-10-19-37-33(35)36)38-34(42)45-23-26-11-4-3-5-12-26;/h3-9,11-12,14-17,22,25,27H,10,13,18-21,23-24H2,1-2H3,(H,38,42)(H4,35,36,37);1H/t27-;/m1./s1. The highest BCUT2D eigenvalue weighted by Gasteiger charge is 2.17. The highest BCUT2D eigenvalue weighted by molar-refractivity contribution is 5.85. The van der Waals surface area contributed by atoms with Crippen molar-refractivity contribution >= 4 is 24.5 Å². The van der Waals surface area contributed by atoms with E-state index in [-0.39, 0.29) is 37.6 Å². The van der Waals surface area contributed by atoms with E-state index >= 15 is 0 Å². The lowest BCUT2D eigenvalue weighted by molar-refractivity contribution is 0.133. The van der Waals surface area contributed by atoms with Crippen LogP contribution in [0.4, 0.5) is 4.79 Å². The topological polar surface area (TPSA) is 152 Å². The molecule has 1 atom stereocenters. The van der Waals surface area contributed by atoms with Gasteiger partial charge in [-0.15, -0.1) is 17.5 Å². The van der Waals surface area contributed by atoms with Gasteiger partial charge in [-0.2, -0.15) is 0 Å². The number of aromatic nitrogens is 3. The Morgan fingerprint density at radius 2 is 1.54 bits per heavy atom. The van der Waals surface area contributed by atoms with E-state index in [9.17, 15) is 4.79 Å². The number of halogens is 1. The van der Waals surface area contributed by atoms with Gasteiger partial charge in [0.2, 0.25) is 0 Å². The summed E-state index contributed by atoms with van der Waals surface area (Å²) in [5.74, 6) is 2.13. The number of benzene rings is 3. The smallest absolute Gasteiger partial charge is 0.407 e. The van der Waals surface area contributed by atoms with Crippen molar-refractivity contribution in [1.82, 2.24) is 20.3 Å². The number of nitrogens with one attached hydrogen (secondary N) is 1. The average Bonchev–Trinajstić information content (AvgIpc) is 3.49. The number of para-hydroxylation sites is 2. The zero-order chi connectivity index (χ0) is 31.9. The number of carbonyl (C=O) groups excluding carboxylic acids is 1.